The zero-order valence-corrected chi connectivity index (χ0v) is 10.7. The fourth-order valence-electron chi connectivity index (χ4n) is 2.47. The van der Waals surface area contributed by atoms with E-state index in [0.717, 1.165) is 25.7 Å². The Labute approximate surface area is 102 Å². The third-order valence-corrected chi connectivity index (χ3v) is 3.36. The van der Waals surface area contributed by atoms with Crippen LogP contribution in [0.15, 0.2) is 0 Å². The Hall–Kier alpha value is -1.10. The number of carbonyl (C=O) groups is 2. The van der Waals surface area contributed by atoms with Crippen LogP contribution >= 0.6 is 0 Å². The molecule has 0 saturated heterocycles. The number of nitrogens with zero attached hydrogens (tertiary/aromatic N) is 1. The van der Waals surface area contributed by atoms with E-state index in [-0.39, 0.29) is 12.3 Å². The molecule has 0 bridgehead atoms. The second-order valence-corrected chi connectivity index (χ2v) is 5.11. The van der Waals surface area contributed by atoms with E-state index in [0.29, 0.717) is 12.8 Å². The van der Waals surface area contributed by atoms with Crippen molar-refractivity contribution in [3.8, 4) is 0 Å². The monoisotopic (exact) mass is 242 g/mol. The van der Waals surface area contributed by atoms with Gasteiger partial charge in [0.25, 0.3) is 0 Å². The molecule has 1 saturated carbocycles. The number of rotatable bonds is 4. The molecular weight excluding hydrogens is 220 g/mol. The highest BCUT2D eigenvalue weighted by Crippen LogP contribution is 2.38. The van der Waals surface area contributed by atoms with E-state index in [1.54, 1.807) is 19.1 Å². The number of hydrazine groups is 1. The number of carboxylic acids is 1. The molecule has 0 aromatic heterocycles. The maximum Gasteiger partial charge on any atom is 0.310 e. The smallest absolute Gasteiger partial charge is 0.310 e. The molecule has 0 aliphatic heterocycles. The summed E-state index contributed by atoms with van der Waals surface area (Å²) in [6, 6.07) is 0. The van der Waals surface area contributed by atoms with Gasteiger partial charge in [-0.15, -0.1) is 0 Å². The maximum atomic E-state index is 11.7. The molecule has 1 amide bonds. The first-order valence-electron chi connectivity index (χ1n) is 6.16. The number of hydrogen-bond acceptors (Lipinski definition) is 3. The quantitative estimate of drug-likeness (QED) is 0.577. The zero-order chi connectivity index (χ0) is 12.9. The van der Waals surface area contributed by atoms with Crippen LogP contribution in [0, 0.1) is 5.41 Å². The molecule has 0 aromatic carbocycles. The highest BCUT2D eigenvalue weighted by molar-refractivity contribution is 5.84. The second-order valence-electron chi connectivity index (χ2n) is 5.11. The van der Waals surface area contributed by atoms with E-state index < -0.39 is 11.4 Å². The van der Waals surface area contributed by atoms with Gasteiger partial charge in [-0.25, -0.2) is 5.01 Å². The average Bonchev–Trinajstić information content (AvgIpc) is 2.42. The van der Waals surface area contributed by atoms with Gasteiger partial charge in [0.2, 0.25) is 5.91 Å². The Morgan fingerprint density at radius 1 is 1.18 bits per heavy atom. The van der Waals surface area contributed by atoms with Gasteiger partial charge in [0, 0.05) is 20.5 Å². The van der Waals surface area contributed by atoms with Crippen LogP contribution in [0.2, 0.25) is 0 Å². The highest BCUT2D eigenvalue weighted by atomic mass is 16.4. The molecule has 98 valence electrons. The minimum atomic E-state index is -0.851. The van der Waals surface area contributed by atoms with E-state index >= 15 is 0 Å². The molecule has 5 heteroatoms. The summed E-state index contributed by atoms with van der Waals surface area (Å²) >= 11 is 0. The van der Waals surface area contributed by atoms with Crippen LogP contribution < -0.4 is 5.43 Å². The van der Waals surface area contributed by atoms with E-state index in [4.69, 9.17) is 0 Å². The summed E-state index contributed by atoms with van der Waals surface area (Å²) in [4.78, 5) is 23.2. The van der Waals surface area contributed by atoms with Crippen LogP contribution in [0.1, 0.15) is 44.9 Å². The lowest BCUT2D eigenvalue weighted by atomic mass is 9.77. The molecule has 1 aliphatic carbocycles. The summed E-state index contributed by atoms with van der Waals surface area (Å²) in [5, 5.41) is 11.0. The summed E-state index contributed by atoms with van der Waals surface area (Å²) < 4.78 is 0. The number of hydrogen-bond donors (Lipinski definition) is 2. The van der Waals surface area contributed by atoms with E-state index in [2.05, 4.69) is 5.43 Å². The molecule has 1 aliphatic rings. The van der Waals surface area contributed by atoms with Crippen molar-refractivity contribution < 1.29 is 14.7 Å². The SMILES string of the molecule is CN(C)NC(=O)CC1(C(=O)O)CCCCCC1. The molecule has 0 unspecified atom stereocenters. The molecule has 17 heavy (non-hydrogen) atoms. The normalized spacial score (nSPS) is 19.7. The minimum Gasteiger partial charge on any atom is -0.481 e. The van der Waals surface area contributed by atoms with Gasteiger partial charge in [-0.05, 0) is 12.8 Å². The predicted octanol–water partition coefficient (Wildman–Crippen LogP) is 1.39. The second kappa shape index (κ2) is 6.00. The minimum absolute atomic E-state index is 0.0838. The third-order valence-electron chi connectivity index (χ3n) is 3.36. The van der Waals surface area contributed by atoms with Crippen LogP contribution in [0.25, 0.3) is 0 Å². The molecule has 0 radical (unpaired) electrons. The fraction of sp³-hybridized carbons (Fsp3) is 0.833. The van der Waals surface area contributed by atoms with E-state index in [1.807, 2.05) is 0 Å². The largest absolute Gasteiger partial charge is 0.481 e. The van der Waals surface area contributed by atoms with Crippen molar-refractivity contribution in [1.29, 1.82) is 0 Å². The van der Waals surface area contributed by atoms with Crippen LogP contribution in [0.5, 0.6) is 0 Å². The van der Waals surface area contributed by atoms with Gasteiger partial charge in [0.1, 0.15) is 0 Å². The van der Waals surface area contributed by atoms with Crippen molar-refractivity contribution >= 4 is 11.9 Å². The van der Waals surface area contributed by atoms with Crippen molar-refractivity contribution in [1.82, 2.24) is 10.4 Å². The van der Waals surface area contributed by atoms with Gasteiger partial charge in [-0.2, -0.15) is 0 Å². The highest BCUT2D eigenvalue weighted by Gasteiger charge is 2.40. The number of amides is 1. The number of aliphatic carboxylic acids is 1. The molecule has 2 N–H and O–H groups in total. The Kier molecular flexibility index (Phi) is 4.93. The number of nitrogens with one attached hydrogen (secondary N) is 1. The Morgan fingerprint density at radius 3 is 2.12 bits per heavy atom. The molecule has 0 aromatic rings. The lowest BCUT2D eigenvalue weighted by Crippen LogP contribution is -2.42. The van der Waals surface area contributed by atoms with Crippen LogP contribution in [-0.4, -0.2) is 36.1 Å². The van der Waals surface area contributed by atoms with Gasteiger partial charge >= 0.3 is 5.97 Å². The van der Waals surface area contributed by atoms with Gasteiger partial charge in [0.05, 0.1) is 5.41 Å². The maximum absolute atomic E-state index is 11.7. The lowest BCUT2D eigenvalue weighted by Gasteiger charge is -2.27. The van der Waals surface area contributed by atoms with E-state index in [9.17, 15) is 14.7 Å². The Morgan fingerprint density at radius 2 is 1.71 bits per heavy atom. The Bertz CT molecular complexity index is 281. The van der Waals surface area contributed by atoms with Crippen LogP contribution in [0.3, 0.4) is 0 Å². The first-order valence-corrected chi connectivity index (χ1v) is 6.16. The van der Waals surface area contributed by atoms with E-state index in [1.165, 1.54) is 0 Å². The average molecular weight is 242 g/mol. The lowest BCUT2D eigenvalue weighted by molar-refractivity contribution is -0.153. The summed E-state index contributed by atoms with van der Waals surface area (Å²) in [7, 11) is 3.44. The van der Waals surface area contributed by atoms with Crippen molar-refractivity contribution in [2.45, 2.75) is 44.9 Å². The van der Waals surface area contributed by atoms with Crippen molar-refractivity contribution in [2.75, 3.05) is 14.1 Å². The number of carbonyl (C=O) groups excluding carboxylic acids is 1. The molecule has 0 spiro atoms. The van der Waals surface area contributed by atoms with Crippen molar-refractivity contribution in [3.05, 3.63) is 0 Å². The first-order chi connectivity index (χ1) is 7.96. The van der Waals surface area contributed by atoms with Gasteiger partial charge in [-0.1, -0.05) is 25.7 Å². The Balaban J connectivity index is 2.70. The number of carboxylic acid groups (broad SMARTS) is 1. The molecule has 1 rings (SSSR count). The summed E-state index contributed by atoms with van der Waals surface area (Å²) in [5.41, 5.74) is 1.77. The molecule has 5 nitrogen and oxygen atoms in total. The standard InChI is InChI=1S/C12H22N2O3/c1-14(2)13-10(15)9-12(11(16)17)7-5-3-4-6-8-12/h3-9H2,1-2H3,(H,13,15)(H,16,17). The topological polar surface area (TPSA) is 69.6 Å². The third kappa shape index (κ3) is 4.00. The first kappa shape index (κ1) is 14.0. The molecule has 0 heterocycles. The van der Waals surface area contributed by atoms with Gasteiger partial charge in [0.15, 0.2) is 0 Å². The summed E-state index contributed by atoms with van der Waals surface area (Å²) in [6.45, 7) is 0. The predicted molar refractivity (Wildman–Crippen MR) is 64.2 cm³/mol. The zero-order valence-electron chi connectivity index (χ0n) is 10.7. The van der Waals surface area contributed by atoms with Crippen LogP contribution in [-0.2, 0) is 9.59 Å². The summed E-state index contributed by atoms with van der Waals surface area (Å²) in [6.07, 6.45) is 5.27. The molecule has 1 fully saturated rings. The fourth-order valence-corrected chi connectivity index (χ4v) is 2.47. The van der Waals surface area contributed by atoms with Crippen molar-refractivity contribution in [3.63, 3.8) is 0 Å². The van der Waals surface area contributed by atoms with Gasteiger partial charge in [-0.3, -0.25) is 15.0 Å². The van der Waals surface area contributed by atoms with Crippen LogP contribution in [0.4, 0.5) is 0 Å². The molecular formula is C12H22N2O3. The van der Waals surface area contributed by atoms with Gasteiger partial charge < -0.3 is 5.11 Å². The molecule has 0 atom stereocenters. The summed E-state index contributed by atoms with van der Waals surface area (Å²) in [5.74, 6) is -1.03. The van der Waals surface area contributed by atoms with Crippen molar-refractivity contribution in [2.24, 2.45) is 5.41 Å².